The summed E-state index contributed by atoms with van der Waals surface area (Å²) in [5, 5.41) is 12.1. The predicted molar refractivity (Wildman–Crippen MR) is 108 cm³/mol. The van der Waals surface area contributed by atoms with Crippen molar-refractivity contribution in [1.29, 1.82) is 0 Å². The van der Waals surface area contributed by atoms with Crippen LogP contribution in [0.25, 0.3) is 11.1 Å². The van der Waals surface area contributed by atoms with E-state index in [9.17, 15) is 14.7 Å². The fraction of sp³-hybridized carbons (Fsp3) is 0.304. The Labute approximate surface area is 159 Å². The number of aryl methyl sites for hydroxylation is 1. The molecular formula is C23H25NO3. The lowest BCUT2D eigenvalue weighted by atomic mass is 9.96. The standard InChI is InChI=1S/C23H25NO3/c1-14(2)16-6-4-7-17(13-16)18-10-11-21(15(3)12-18)24-22(25)19-8-5-9-20(19)23(26)27/h4,6-7,10-14H,5,8-9H2,1-3H3,(H,24,25)(H,26,27). The molecule has 2 aromatic carbocycles. The number of carboxylic acids is 1. The quantitative estimate of drug-likeness (QED) is 0.758. The first-order chi connectivity index (χ1) is 12.9. The van der Waals surface area contributed by atoms with E-state index in [1.807, 2.05) is 19.1 Å². The van der Waals surface area contributed by atoms with Crippen molar-refractivity contribution in [2.45, 2.75) is 46.0 Å². The Bertz CT molecular complexity index is 925. The zero-order valence-corrected chi connectivity index (χ0v) is 16.0. The van der Waals surface area contributed by atoms with Gasteiger partial charge in [-0.05, 0) is 66.5 Å². The summed E-state index contributed by atoms with van der Waals surface area (Å²) < 4.78 is 0. The van der Waals surface area contributed by atoms with Gasteiger partial charge in [0.05, 0.1) is 0 Å². The van der Waals surface area contributed by atoms with Crippen molar-refractivity contribution in [3.8, 4) is 11.1 Å². The van der Waals surface area contributed by atoms with E-state index in [0.717, 1.165) is 16.7 Å². The molecular weight excluding hydrogens is 338 g/mol. The predicted octanol–water partition coefficient (Wildman–Crippen LogP) is 5.29. The highest BCUT2D eigenvalue weighted by molar-refractivity contribution is 6.09. The van der Waals surface area contributed by atoms with Crippen LogP contribution in [-0.2, 0) is 9.59 Å². The molecule has 0 saturated carbocycles. The van der Waals surface area contributed by atoms with Gasteiger partial charge in [-0.25, -0.2) is 4.79 Å². The van der Waals surface area contributed by atoms with Crippen LogP contribution in [0.4, 0.5) is 5.69 Å². The molecule has 1 aliphatic rings. The van der Waals surface area contributed by atoms with Crippen LogP contribution < -0.4 is 5.32 Å². The molecule has 0 saturated heterocycles. The number of carboxylic acid groups (broad SMARTS) is 1. The first-order valence-electron chi connectivity index (χ1n) is 9.34. The lowest BCUT2D eigenvalue weighted by Gasteiger charge is -2.13. The number of benzene rings is 2. The number of hydrogen-bond donors (Lipinski definition) is 2. The summed E-state index contributed by atoms with van der Waals surface area (Å²) in [5.41, 5.74) is 5.84. The zero-order valence-electron chi connectivity index (χ0n) is 16.0. The average Bonchev–Trinajstić information content (AvgIpc) is 3.13. The number of amides is 1. The molecule has 0 aromatic heterocycles. The third kappa shape index (κ3) is 4.11. The maximum absolute atomic E-state index is 12.5. The van der Waals surface area contributed by atoms with Crippen molar-refractivity contribution < 1.29 is 14.7 Å². The van der Waals surface area contributed by atoms with Crippen LogP contribution >= 0.6 is 0 Å². The first kappa shape index (κ1) is 18.9. The summed E-state index contributed by atoms with van der Waals surface area (Å²) in [7, 11) is 0. The highest BCUT2D eigenvalue weighted by atomic mass is 16.4. The minimum atomic E-state index is -0.991. The second-order valence-corrected chi connectivity index (χ2v) is 7.38. The molecule has 0 unspecified atom stereocenters. The number of hydrogen-bond acceptors (Lipinski definition) is 2. The second kappa shape index (κ2) is 7.78. The summed E-state index contributed by atoms with van der Waals surface area (Å²) in [4.78, 5) is 23.8. The van der Waals surface area contributed by atoms with E-state index >= 15 is 0 Å². The lowest BCUT2D eigenvalue weighted by molar-refractivity contribution is -0.133. The highest BCUT2D eigenvalue weighted by Crippen LogP contribution is 2.30. The maximum atomic E-state index is 12.5. The minimum absolute atomic E-state index is 0.243. The van der Waals surface area contributed by atoms with Gasteiger partial charge in [0.1, 0.15) is 0 Å². The van der Waals surface area contributed by atoms with Crippen molar-refractivity contribution in [3.05, 3.63) is 64.7 Å². The fourth-order valence-corrected chi connectivity index (χ4v) is 3.49. The largest absolute Gasteiger partial charge is 0.478 e. The maximum Gasteiger partial charge on any atom is 0.332 e. The molecule has 0 heterocycles. The Morgan fingerprint density at radius 1 is 1.00 bits per heavy atom. The molecule has 0 radical (unpaired) electrons. The third-order valence-corrected chi connectivity index (χ3v) is 5.11. The number of rotatable bonds is 5. The fourth-order valence-electron chi connectivity index (χ4n) is 3.49. The molecule has 3 rings (SSSR count). The van der Waals surface area contributed by atoms with Gasteiger partial charge >= 0.3 is 5.97 Å². The van der Waals surface area contributed by atoms with Crippen molar-refractivity contribution in [2.75, 3.05) is 5.32 Å². The smallest absolute Gasteiger partial charge is 0.332 e. The molecule has 0 aliphatic heterocycles. The van der Waals surface area contributed by atoms with E-state index in [0.29, 0.717) is 36.4 Å². The number of aliphatic carboxylic acids is 1. The van der Waals surface area contributed by atoms with E-state index in [-0.39, 0.29) is 11.5 Å². The molecule has 1 aliphatic carbocycles. The second-order valence-electron chi connectivity index (χ2n) is 7.38. The van der Waals surface area contributed by atoms with Crippen LogP contribution in [0.1, 0.15) is 50.2 Å². The Kier molecular flexibility index (Phi) is 5.45. The lowest BCUT2D eigenvalue weighted by Crippen LogP contribution is -2.17. The topological polar surface area (TPSA) is 66.4 Å². The van der Waals surface area contributed by atoms with Crippen molar-refractivity contribution in [1.82, 2.24) is 0 Å². The van der Waals surface area contributed by atoms with E-state index in [1.54, 1.807) is 0 Å². The average molecular weight is 363 g/mol. The third-order valence-electron chi connectivity index (χ3n) is 5.11. The van der Waals surface area contributed by atoms with Crippen LogP contribution in [-0.4, -0.2) is 17.0 Å². The molecule has 4 nitrogen and oxygen atoms in total. The van der Waals surface area contributed by atoms with Crippen molar-refractivity contribution in [2.24, 2.45) is 0 Å². The summed E-state index contributed by atoms with van der Waals surface area (Å²) in [5.74, 6) is -0.829. The van der Waals surface area contributed by atoms with Crippen LogP contribution in [0.2, 0.25) is 0 Å². The Hall–Kier alpha value is -2.88. The highest BCUT2D eigenvalue weighted by Gasteiger charge is 2.25. The van der Waals surface area contributed by atoms with Gasteiger partial charge in [0.2, 0.25) is 0 Å². The van der Waals surface area contributed by atoms with Gasteiger partial charge in [-0.3, -0.25) is 4.79 Å². The minimum Gasteiger partial charge on any atom is -0.478 e. The summed E-state index contributed by atoms with van der Waals surface area (Å²) in [6.45, 7) is 6.30. The van der Waals surface area contributed by atoms with Gasteiger partial charge in [-0.1, -0.05) is 44.2 Å². The molecule has 0 fully saturated rings. The Morgan fingerprint density at radius 3 is 2.37 bits per heavy atom. The Balaban J connectivity index is 1.83. The molecule has 1 amide bonds. The first-order valence-corrected chi connectivity index (χ1v) is 9.34. The van der Waals surface area contributed by atoms with Crippen LogP contribution in [0, 0.1) is 6.92 Å². The normalized spacial score (nSPS) is 13.9. The monoisotopic (exact) mass is 363 g/mol. The van der Waals surface area contributed by atoms with Crippen LogP contribution in [0.15, 0.2) is 53.6 Å². The van der Waals surface area contributed by atoms with Gasteiger partial charge < -0.3 is 10.4 Å². The molecule has 0 spiro atoms. The molecule has 2 aromatic rings. The van der Waals surface area contributed by atoms with Crippen LogP contribution in [0.5, 0.6) is 0 Å². The number of anilines is 1. The van der Waals surface area contributed by atoms with E-state index in [2.05, 4.69) is 49.5 Å². The van der Waals surface area contributed by atoms with Gasteiger partial charge in [0, 0.05) is 16.8 Å². The summed E-state index contributed by atoms with van der Waals surface area (Å²) >= 11 is 0. The van der Waals surface area contributed by atoms with Crippen molar-refractivity contribution in [3.63, 3.8) is 0 Å². The summed E-state index contributed by atoms with van der Waals surface area (Å²) in [6, 6.07) is 14.4. The van der Waals surface area contributed by atoms with Crippen LogP contribution in [0.3, 0.4) is 0 Å². The number of carbonyl (C=O) groups is 2. The van der Waals surface area contributed by atoms with Gasteiger partial charge in [0.25, 0.3) is 5.91 Å². The molecule has 0 bridgehead atoms. The number of nitrogens with one attached hydrogen (secondary N) is 1. The van der Waals surface area contributed by atoms with Gasteiger partial charge in [-0.2, -0.15) is 0 Å². The summed E-state index contributed by atoms with van der Waals surface area (Å²) in [6.07, 6.45) is 1.70. The SMILES string of the molecule is Cc1cc(-c2cccc(C(C)C)c2)ccc1NC(=O)C1=C(C(=O)O)CCC1. The molecule has 4 heteroatoms. The van der Waals surface area contributed by atoms with E-state index in [1.165, 1.54) is 5.56 Å². The van der Waals surface area contributed by atoms with Gasteiger partial charge in [0.15, 0.2) is 0 Å². The molecule has 140 valence electrons. The number of carbonyl (C=O) groups excluding carboxylic acids is 1. The zero-order chi connectivity index (χ0) is 19.6. The van der Waals surface area contributed by atoms with Crippen molar-refractivity contribution >= 4 is 17.6 Å². The van der Waals surface area contributed by atoms with E-state index in [4.69, 9.17) is 0 Å². The van der Waals surface area contributed by atoms with Gasteiger partial charge in [-0.15, -0.1) is 0 Å². The molecule has 27 heavy (non-hydrogen) atoms. The Morgan fingerprint density at radius 2 is 1.70 bits per heavy atom. The molecule has 2 N–H and O–H groups in total. The molecule has 0 atom stereocenters. The van der Waals surface area contributed by atoms with E-state index < -0.39 is 5.97 Å².